The van der Waals surface area contributed by atoms with E-state index < -0.39 is 4.92 Å². The second-order valence-electron chi connectivity index (χ2n) is 5.12. The van der Waals surface area contributed by atoms with Gasteiger partial charge in [0.1, 0.15) is 4.88 Å². The maximum Gasteiger partial charge on any atom is 0.270 e. The normalized spacial score (nSPS) is 11.1. The number of nitrogens with zero attached hydrogens (tertiary/aromatic N) is 2. The number of aromatic nitrogens is 1. The molecule has 4 aromatic rings. The molecule has 0 atom stereocenters. The van der Waals surface area contributed by atoms with Crippen LogP contribution in [0.5, 0.6) is 0 Å². The fourth-order valence-corrected chi connectivity index (χ4v) is 4.70. The van der Waals surface area contributed by atoms with Crippen molar-refractivity contribution in [2.24, 2.45) is 0 Å². The van der Waals surface area contributed by atoms with Crippen LogP contribution in [0, 0.1) is 10.1 Å². The van der Waals surface area contributed by atoms with Gasteiger partial charge in [-0.3, -0.25) is 20.2 Å². The number of carbonyl (C=O) groups is 1. The van der Waals surface area contributed by atoms with Gasteiger partial charge in [-0.05, 0) is 18.2 Å². The molecule has 0 aliphatic heterocycles. The Balaban J connectivity index is 1.69. The number of non-ortho nitro benzene ring substituents is 1. The zero-order valence-corrected chi connectivity index (χ0v) is 14.7. The fraction of sp³-hybridized carbons (Fsp3) is 0. The second kappa shape index (κ2) is 6.07. The molecule has 0 radical (unpaired) electrons. The van der Waals surface area contributed by atoms with Crippen molar-refractivity contribution in [3.63, 3.8) is 0 Å². The number of halogens is 1. The molecule has 0 saturated carbocycles. The molecule has 0 saturated heterocycles. The van der Waals surface area contributed by atoms with Gasteiger partial charge >= 0.3 is 0 Å². The molecule has 124 valence electrons. The number of nitro benzene ring substituents is 1. The summed E-state index contributed by atoms with van der Waals surface area (Å²) < 4.78 is 1.56. The Labute approximate surface area is 153 Å². The summed E-state index contributed by atoms with van der Waals surface area (Å²) in [5, 5.41) is 15.0. The Morgan fingerprint density at radius 2 is 1.96 bits per heavy atom. The largest absolute Gasteiger partial charge is 0.297 e. The summed E-state index contributed by atoms with van der Waals surface area (Å²) in [6, 6.07) is 11.9. The van der Waals surface area contributed by atoms with Gasteiger partial charge in [0.25, 0.3) is 11.6 Å². The van der Waals surface area contributed by atoms with E-state index in [-0.39, 0.29) is 16.6 Å². The van der Waals surface area contributed by atoms with Crippen LogP contribution in [0.1, 0.15) is 9.67 Å². The van der Waals surface area contributed by atoms with Gasteiger partial charge in [0.2, 0.25) is 0 Å². The van der Waals surface area contributed by atoms with Gasteiger partial charge in [-0.1, -0.05) is 35.1 Å². The van der Waals surface area contributed by atoms with Gasteiger partial charge in [-0.25, -0.2) is 4.98 Å². The van der Waals surface area contributed by atoms with Crippen LogP contribution in [0.25, 0.3) is 20.3 Å². The Kier molecular flexibility index (Phi) is 3.87. The van der Waals surface area contributed by atoms with Gasteiger partial charge in [-0.2, -0.15) is 0 Å². The highest BCUT2D eigenvalue weighted by Crippen LogP contribution is 2.38. The zero-order valence-electron chi connectivity index (χ0n) is 12.4. The highest BCUT2D eigenvalue weighted by molar-refractivity contribution is 7.23. The van der Waals surface area contributed by atoms with E-state index in [2.05, 4.69) is 10.3 Å². The number of thiazole rings is 1. The van der Waals surface area contributed by atoms with Crippen molar-refractivity contribution in [3.05, 3.63) is 62.5 Å². The number of nitro groups is 1. The smallest absolute Gasteiger partial charge is 0.270 e. The molecule has 6 nitrogen and oxygen atoms in total. The maximum absolute atomic E-state index is 12.5. The lowest BCUT2D eigenvalue weighted by atomic mass is 10.2. The molecule has 0 unspecified atom stereocenters. The Morgan fingerprint density at radius 3 is 2.72 bits per heavy atom. The lowest BCUT2D eigenvalue weighted by Gasteiger charge is -1.98. The van der Waals surface area contributed by atoms with Crippen LogP contribution in [0.15, 0.2) is 42.5 Å². The van der Waals surface area contributed by atoms with Crippen molar-refractivity contribution in [1.82, 2.24) is 4.98 Å². The fourth-order valence-electron chi connectivity index (χ4n) is 2.39. The first-order valence-corrected chi connectivity index (χ1v) is 9.07. The third-order valence-corrected chi connectivity index (χ3v) is 6.15. The summed E-state index contributed by atoms with van der Waals surface area (Å²) in [5.41, 5.74) is 0.768. The van der Waals surface area contributed by atoms with Crippen LogP contribution in [0.3, 0.4) is 0 Å². The van der Waals surface area contributed by atoms with Crippen molar-refractivity contribution in [2.45, 2.75) is 0 Å². The number of carbonyl (C=O) groups excluding carboxylic acids is 1. The van der Waals surface area contributed by atoms with E-state index >= 15 is 0 Å². The van der Waals surface area contributed by atoms with Crippen LogP contribution < -0.4 is 5.32 Å². The number of para-hydroxylation sites is 1. The summed E-state index contributed by atoms with van der Waals surface area (Å²) >= 11 is 8.78. The summed E-state index contributed by atoms with van der Waals surface area (Å²) in [6.45, 7) is 0. The van der Waals surface area contributed by atoms with Crippen LogP contribution >= 0.6 is 34.3 Å². The quantitative estimate of drug-likeness (QED) is 0.379. The van der Waals surface area contributed by atoms with E-state index in [1.807, 2.05) is 24.3 Å². The second-order valence-corrected chi connectivity index (χ2v) is 7.58. The Morgan fingerprint density at radius 1 is 1.16 bits per heavy atom. The standard InChI is InChI=1S/C16H8ClN3O3S2/c17-13-9-6-5-8(20(22)23)7-12(9)24-14(13)15(21)19-16-18-10-3-1-2-4-11(10)25-16/h1-7H,(H,18,19,21). The number of hydrogen-bond donors (Lipinski definition) is 1. The van der Waals surface area contributed by atoms with Crippen molar-refractivity contribution >= 4 is 71.3 Å². The van der Waals surface area contributed by atoms with E-state index in [0.29, 0.717) is 20.1 Å². The number of hydrogen-bond acceptors (Lipinski definition) is 6. The lowest BCUT2D eigenvalue weighted by Crippen LogP contribution is -2.10. The van der Waals surface area contributed by atoms with Crippen molar-refractivity contribution in [2.75, 3.05) is 5.32 Å². The first-order chi connectivity index (χ1) is 12.0. The minimum absolute atomic E-state index is 0.0384. The van der Waals surface area contributed by atoms with Gasteiger partial charge in [0.05, 0.1) is 20.2 Å². The topological polar surface area (TPSA) is 85.1 Å². The van der Waals surface area contributed by atoms with Crippen LogP contribution in [0.4, 0.5) is 10.8 Å². The third-order valence-electron chi connectivity index (χ3n) is 3.54. The molecule has 1 N–H and O–H groups in total. The first-order valence-electron chi connectivity index (χ1n) is 7.06. The highest BCUT2D eigenvalue weighted by Gasteiger charge is 2.20. The van der Waals surface area contributed by atoms with Gasteiger partial charge in [0, 0.05) is 22.2 Å². The zero-order chi connectivity index (χ0) is 17.6. The van der Waals surface area contributed by atoms with Crippen molar-refractivity contribution in [3.8, 4) is 0 Å². The summed E-state index contributed by atoms with van der Waals surface area (Å²) in [7, 11) is 0. The molecule has 0 aliphatic carbocycles. The monoisotopic (exact) mass is 389 g/mol. The van der Waals surface area contributed by atoms with E-state index in [0.717, 1.165) is 21.6 Å². The number of rotatable bonds is 3. The number of anilines is 1. The summed E-state index contributed by atoms with van der Waals surface area (Å²) in [6.07, 6.45) is 0. The molecule has 0 bridgehead atoms. The predicted molar refractivity (Wildman–Crippen MR) is 101 cm³/mol. The van der Waals surface area contributed by atoms with E-state index in [9.17, 15) is 14.9 Å². The SMILES string of the molecule is O=C(Nc1nc2ccccc2s1)c1sc2cc([N+](=O)[O-])ccc2c1Cl. The molecule has 4 rings (SSSR count). The predicted octanol–water partition coefficient (Wildman–Crippen LogP) is 5.32. The molecule has 9 heteroatoms. The minimum Gasteiger partial charge on any atom is -0.297 e. The average molecular weight is 390 g/mol. The molecule has 2 aromatic heterocycles. The molecule has 25 heavy (non-hydrogen) atoms. The maximum atomic E-state index is 12.5. The highest BCUT2D eigenvalue weighted by atomic mass is 35.5. The number of thiophene rings is 1. The van der Waals surface area contributed by atoms with E-state index in [1.165, 1.54) is 23.5 Å². The van der Waals surface area contributed by atoms with Crippen LogP contribution in [-0.4, -0.2) is 15.8 Å². The number of benzene rings is 2. The average Bonchev–Trinajstić information content (AvgIpc) is 3.15. The van der Waals surface area contributed by atoms with Crippen LogP contribution in [0.2, 0.25) is 5.02 Å². The molecule has 2 heterocycles. The molecule has 1 amide bonds. The minimum atomic E-state index is -0.478. The summed E-state index contributed by atoms with van der Waals surface area (Å²) in [4.78, 5) is 27.6. The van der Waals surface area contributed by atoms with Gasteiger partial charge in [0.15, 0.2) is 5.13 Å². The van der Waals surface area contributed by atoms with Crippen molar-refractivity contribution < 1.29 is 9.72 Å². The molecule has 0 fully saturated rings. The number of nitrogens with one attached hydrogen (secondary N) is 1. The molecular formula is C16H8ClN3O3S2. The van der Waals surface area contributed by atoms with Crippen molar-refractivity contribution in [1.29, 1.82) is 0 Å². The van der Waals surface area contributed by atoms with Crippen LogP contribution in [-0.2, 0) is 0 Å². The Hall–Kier alpha value is -2.55. The molecule has 0 spiro atoms. The molecule has 0 aliphatic rings. The number of fused-ring (bicyclic) bond motifs is 2. The third kappa shape index (κ3) is 2.84. The van der Waals surface area contributed by atoms with Gasteiger partial charge in [-0.15, -0.1) is 11.3 Å². The summed E-state index contributed by atoms with van der Waals surface area (Å²) in [5.74, 6) is -0.382. The first kappa shape index (κ1) is 15.9. The number of amides is 1. The molecule has 2 aromatic carbocycles. The van der Waals surface area contributed by atoms with Gasteiger partial charge < -0.3 is 0 Å². The lowest BCUT2D eigenvalue weighted by molar-refractivity contribution is -0.384. The van der Waals surface area contributed by atoms with E-state index in [1.54, 1.807) is 6.07 Å². The Bertz CT molecular complexity index is 1120. The van der Waals surface area contributed by atoms with E-state index in [4.69, 9.17) is 11.6 Å². The molecular weight excluding hydrogens is 382 g/mol.